The Bertz CT molecular complexity index is 572. The van der Waals surface area contributed by atoms with Gasteiger partial charge in [-0.15, -0.1) is 5.10 Å². The number of ether oxygens (including phenoxy) is 2. The number of hydrogen-bond acceptors (Lipinski definition) is 5. The molecule has 0 aliphatic carbocycles. The van der Waals surface area contributed by atoms with Crippen LogP contribution in [0.4, 0.5) is 0 Å². The fourth-order valence-corrected chi connectivity index (χ4v) is 1.33. The van der Waals surface area contributed by atoms with Gasteiger partial charge in [0.05, 0.1) is 13.3 Å². The number of carboxylic acids is 1. The van der Waals surface area contributed by atoms with Gasteiger partial charge in [0.1, 0.15) is 17.1 Å². The number of nitrogens with zero attached hydrogens (tertiary/aromatic N) is 2. The molecule has 0 unspecified atom stereocenters. The van der Waals surface area contributed by atoms with Crippen molar-refractivity contribution in [3.8, 4) is 17.4 Å². The van der Waals surface area contributed by atoms with E-state index in [1.807, 2.05) is 0 Å². The van der Waals surface area contributed by atoms with E-state index in [2.05, 4.69) is 10.2 Å². The molecule has 6 heteroatoms. The van der Waals surface area contributed by atoms with Crippen molar-refractivity contribution >= 4 is 5.97 Å². The van der Waals surface area contributed by atoms with Crippen LogP contribution in [0, 0.1) is 0 Å². The maximum Gasteiger partial charge on any atom is 0.341 e. The van der Waals surface area contributed by atoms with Crippen LogP contribution in [0.1, 0.15) is 10.4 Å². The quantitative estimate of drug-likeness (QED) is 0.888. The van der Waals surface area contributed by atoms with Crippen molar-refractivity contribution in [1.29, 1.82) is 0 Å². The van der Waals surface area contributed by atoms with Crippen LogP contribution < -0.4 is 9.47 Å². The summed E-state index contributed by atoms with van der Waals surface area (Å²) in [6.07, 6.45) is 1.29. The summed E-state index contributed by atoms with van der Waals surface area (Å²) in [5.41, 5.74) is -0.0483. The van der Waals surface area contributed by atoms with E-state index in [0.29, 0.717) is 11.5 Å². The Hall–Kier alpha value is -2.63. The zero-order valence-corrected chi connectivity index (χ0v) is 9.53. The minimum Gasteiger partial charge on any atom is -0.497 e. The van der Waals surface area contributed by atoms with Gasteiger partial charge in [-0.25, -0.2) is 4.79 Å². The smallest absolute Gasteiger partial charge is 0.341 e. The first-order valence-electron chi connectivity index (χ1n) is 5.07. The van der Waals surface area contributed by atoms with Gasteiger partial charge in [-0.1, -0.05) is 6.07 Å². The van der Waals surface area contributed by atoms with Gasteiger partial charge >= 0.3 is 5.97 Å². The number of methoxy groups -OCH3 is 1. The van der Waals surface area contributed by atoms with Gasteiger partial charge < -0.3 is 14.6 Å². The monoisotopic (exact) mass is 246 g/mol. The Morgan fingerprint density at radius 1 is 1.28 bits per heavy atom. The molecule has 0 atom stereocenters. The zero-order valence-electron chi connectivity index (χ0n) is 9.53. The summed E-state index contributed by atoms with van der Waals surface area (Å²) >= 11 is 0. The first-order chi connectivity index (χ1) is 8.70. The van der Waals surface area contributed by atoms with E-state index in [-0.39, 0.29) is 11.4 Å². The molecule has 1 N–H and O–H groups in total. The Kier molecular flexibility index (Phi) is 3.38. The third-order valence-electron chi connectivity index (χ3n) is 2.17. The van der Waals surface area contributed by atoms with Crippen LogP contribution in [0.25, 0.3) is 0 Å². The molecular formula is C12H10N2O4. The molecule has 2 aromatic rings. The molecule has 92 valence electrons. The lowest BCUT2D eigenvalue weighted by atomic mass is 10.3. The van der Waals surface area contributed by atoms with Gasteiger partial charge in [0.25, 0.3) is 5.88 Å². The summed E-state index contributed by atoms with van der Waals surface area (Å²) in [6, 6.07) is 8.10. The normalized spacial score (nSPS) is 9.83. The Morgan fingerprint density at radius 2 is 2.06 bits per heavy atom. The minimum atomic E-state index is -1.12. The number of carboxylic acid groups (broad SMARTS) is 1. The van der Waals surface area contributed by atoms with Crippen molar-refractivity contribution in [3.05, 3.63) is 42.1 Å². The van der Waals surface area contributed by atoms with Crippen molar-refractivity contribution in [2.45, 2.75) is 0 Å². The average Bonchev–Trinajstić information content (AvgIpc) is 2.39. The van der Waals surface area contributed by atoms with Crippen LogP contribution in [0.15, 0.2) is 36.5 Å². The number of carbonyl (C=O) groups is 1. The highest BCUT2D eigenvalue weighted by molar-refractivity contribution is 5.90. The molecule has 18 heavy (non-hydrogen) atoms. The SMILES string of the molecule is COc1cccc(Oc2nnccc2C(=O)O)c1. The molecule has 0 saturated heterocycles. The van der Waals surface area contributed by atoms with Crippen LogP contribution >= 0.6 is 0 Å². The van der Waals surface area contributed by atoms with E-state index in [0.717, 1.165) is 0 Å². The number of aromatic carboxylic acids is 1. The number of hydrogen-bond donors (Lipinski definition) is 1. The average molecular weight is 246 g/mol. The largest absolute Gasteiger partial charge is 0.497 e. The lowest BCUT2D eigenvalue weighted by Crippen LogP contribution is -2.02. The van der Waals surface area contributed by atoms with E-state index < -0.39 is 5.97 Å². The molecule has 0 amide bonds. The van der Waals surface area contributed by atoms with Gasteiger partial charge in [0.2, 0.25) is 0 Å². The number of benzene rings is 1. The minimum absolute atomic E-state index is 0.0483. The second-order valence-electron chi connectivity index (χ2n) is 3.34. The molecule has 0 fully saturated rings. The maximum absolute atomic E-state index is 11.0. The highest BCUT2D eigenvalue weighted by Crippen LogP contribution is 2.25. The van der Waals surface area contributed by atoms with Crippen molar-refractivity contribution in [1.82, 2.24) is 10.2 Å². The van der Waals surface area contributed by atoms with E-state index >= 15 is 0 Å². The lowest BCUT2D eigenvalue weighted by Gasteiger charge is -2.07. The summed E-state index contributed by atoms with van der Waals surface area (Å²) < 4.78 is 10.4. The maximum atomic E-state index is 11.0. The van der Waals surface area contributed by atoms with E-state index in [9.17, 15) is 4.79 Å². The third-order valence-corrected chi connectivity index (χ3v) is 2.17. The van der Waals surface area contributed by atoms with Crippen LogP contribution in [0.3, 0.4) is 0 Å². The lowest BCUT2D eigenvalue weighted by molar-refractivity contribution is 0.0693. The van der Waals surface area contributed by atoms with Gasteiger partial charge in [0.15, 0.2) is 0 Å². The summed E-state index contributed by atoms with van der Waals surface area (Å²) in [5.74, 6) is -0.147. The van der Waals surface area contributed by atoms with E-state index in [1.165, 1.54) is 19.4 Å². The predicted molar refractivity (Wildman–Crippen MR) is 62.1 cm³/mol. The second kappa shape index (κ2) is 5.13. The molecule has 2 rings (SSSR count). The van der Waals surface area contributed by atoms with Crippen molar-refractivity contribution in [2.75, 3.05) is 7.11 Å². The molecule has 0 spiro atoms. The van der Waals surface area contributed by atoms with Crippen molar-refractivity contribution in [3.63, 3.8) is 0 Å². The summed E-state index contributed by atoms with van der Waals surface area (Å²) in [4.78, 5) is 11.0. The molecule has 0 saturated carbocycles. The molecule has 1 aromatic heterocycles. The van der Waals surface area contributed by atoms with Gasteiger partial charge in [-0.3, -0.25) is 0 Å². The fraction of sp³-hybridized carbons (Fsp3) is 0.0833. The standard InChI is InChI=1S/C12H10N2O4/c1-17-8-3-2-4-9(7-8)18-11-10(12(15)16)5-6-13-14-11/h2-7H,1H3,(H,15,16). The van der Waals surface area contributed by atoms with E-state index in [4.69, 9.17) is 14.6 Å². The Labute approximate surface area is 103 Å². The zero-order chi connectivity index (χ0) is 13.0. The first kappa shape index (κ1) is 11.8. The second-order valence-corrected chi connectivity index (χ2v) is 3.34. The van der Waals surface area contributed by atoms with Crippen LogP contribution in [-0.2, 0) is 0 Å². The van der Waals surface area contributed by atoms with Crippen molar-refractivity contribution in [2.24, 2.45) is 0 Å². The highest BCUT2D eigenvalue weighted by atomic mass is 16.5. The topological polar surface area (TPSA) is 81.5 Å². The Morgan fingerprint density at radius 3 is 2.78 bits per heavy atom. The summed E-state index contributed by atoms with van der Waals surface area (Å²) in [6.45, 7) is 0. The van der Waals surface area contributed by atoms with Crippen LogP contribution in [0.2, 0.25) is 0 Å². The molecule has 0 aliphatic heterocycles. The molecule has 1 heterocycles. The fourth-order valence-electron chi connectivity index (χ4n) is 1.33. The van der Waals surface area contributed by atoms with Crippen LogP contribution in [-0.4, -0.2) is 28.4 Å². The summed E-state index contributed by atoms with van der Waals surface area (Å²) in [5, 5.41) is 16.2. The molecule has 0 aliphatic rings. The Balaban J connectivity index is 2.31. The van der Waals surface area contributed by atoms with E-state index in [1.54, 1.807) is 24.3 Å². The highest BCUT2D eigenvalue weighted by Gasteiger charge is 2.13. The third kappa shape index (κ3) is 2.54. The van der Waals surface area contributed by atoms with Crippen molar-refractivity contribution < 1.29 is 19.4 Å². The molecule has 1 aromatic carbocycles. The molecule has 6 nitrogen and oxygen atoms in total. The van der Waals surface area contributed by atoms with Gasteiger partial charge in [-0.2, -0.15) is 5.10 Å². The first-order valence-corrected chi connectivity index (χ1v) is 5.07. The summed E-state index contributed by atoms with van der Waals surface area (Å²) in [7, 11) is 1.53. The number of rotatable bonds is 4. The molecule has 0 radical (unpaired) electrons. The predicted octanol–water partition coefficient (Wildman–Crippen LogP) is 1.98. The molecular weight excluding hydrogens is 236 g/mol. The number of aromatic nitrogens is 2. The van der Waals surface area contributed by atoms with Crippen LogP contribution in [0.5, 0.6) is 17.4 Å². The van der Waals surface area contributed by atoms with Gasteiger partial charge in [0, 0.05) is 6.07 Å². The van der Waals surface area contributed by atoms with Gasteiger partial charge in [-0.05, 0) is 18.2 Å². The molecule has 0 bridgehead atoms.